The number of hydrogen-bond donors (Lipinski definition) is 0. The number of hydrogen-bond acceptors (Lipinski definition) is 0. The summed E-state index contributed by atoms with van der Waals surface area (Å²) in [5.41, 5.74) is 0. The van der Waals surface area contributed by atoms with Crippen molar-refractivity contribution in [3.63, 3.8) is 0 Å². The van der Waals surface area contributed by atoms with Crippen LogP contribution in [0.15, 0.2) is 0 Å². The van der Waals surface area contributed by atoms with E-state index in [9.17, 15) is 0 Å². The van der Waals surface area contributed by atoms with Crippen LogP contribution in [0.3, 0.4) is 0 Å². The second-order valence-corrected chi connectivity index (χ2v) is 4.24. The Morgan fingerprint density at radius 3 is 0.333 bits per heavy atom. The Balaban J connectivity index is 0.000000127. The van der Waals surface area contributed by atoms with E-state index in [0.29, 0.717) is 0 Å². The molecule has 0 bridgehead atoms. The van der Waals surface area contributed by atoms with Crippen LogP contribution >= 0.6 is 0 Å². The van der Waals surface area contributed by atoms with Crippen LogP contribution in [0.1, 0.15) is 77.0 Å². The Morgan fingerprint density at radius 1 is 0.167 bits per heavy atom. The van der Waals surface area contributed by atoms with Gasteiger partial charge in [0.05, 0.1) is 0 Å². The maximum absolute atomic E-state index is 1.50. The van der Waals surface area contributed by atoms with E-state index in [1.807, 2.05) is 0 Å². The largest absolute Gasteiger partial charge is 0.0533 e. The molecule has 2 aliphatic carbocycles. The van der Waals surface area contributed by atoms with Gasteiger partial charge in [-0.15, -0.1) is 0 Å². The molecule has 2 rings (SSSR count). The molecule has 0 saturated heterocycles. The summed E-state index contributed by atoms with van der Waals surface area (Å²) < 4.78 is 0. The van der Waals surface area contributed by atoms with Crippen LogP contribution in [-0.2, 0) is 0 Å². The van der Waals surface area contributed by atoms with E-state index in [1.54, 1.807) is 0 Å². The van der Waals surface area contributed by atoms with Crippen LogP contribution < -0.4 is 0 Å². The topological polar surface area (TPSA) is 0 Å². The molecule has 0 atom stereocenters. The molecule has 0 spiro atoms. The molecule has 0 aliphatic heterocycles. The van der Waals surface area contributed by atoms with Gasteiger partial charge in [0.2, 0.25) is 0 Å². The molecule has 0 radical (unpaired) electrons. The lowest BCUT2D eigenvalue weighted by atomic mass is 10.2. The van der Waals surface area contributed by atoms with Crippen LogP contribution in [0.25, 0.3) is 0 Å². The average Bonchev–Trinajstić information content (AvgIpc) is 2.54. The zero-order valence-corrected chi connectivity index (χ0v) is 8.49. The highest BCUT2D eigenvalue weighted by atomic mass is 14.0. The Hall–Kier alpha value is 0. The van der Waals surface area contributed by atoms with Crippen molar-refractivity contribution in [3.05, 3.63) is 0 Å². The van der Waals surface area contributed by atoms with Crippen molar-refractivity contribution < 1.29 is 0 Å². The molecule has 2 saturated carbocycles. The molecule has 0 heterocycles. The molecule has 72 valence electrons. The normalized spacial score (nSPS) is 24.0. The number of rotatable bonds is 0. The molecule has 12 heavy (non-hydrogen) atoms. The quantitative estimate of drug-likeness (QED) is 0.461. The highest BCUT2D eigenvalue weighted by molar-refractivity contribution is 4.51. The van der Waals surface area contributed by atoms with Crippen molar-refractivity contribution in [1.82, 2.24) is 0 Å². The van der Waals surface area contributed by atoms with E-state index in [2.05, 4.69) is 0 Å². The highest BCUT2D eigenvalue weighted by Gasteiger charge is 1.96. The summed E-state index contributed by atoms with van der Waals surface area (Å²) in [6.45, 7) is 0. The van der Waals surface area contributed by atoms with Gasteiger partial charge in [0.1, 0.15) is 0 Å². The first kappa shape index (κ1) is 10.1. The molecule has 0 amide bonds. The third-order valence-corrected chi connectivity index (χ3v) is 3.00. The second kappa shape index (κ2) is 7.64. The molecule has 0 heteroatoms. The van der Waals surface area contributed by atoms with Crippen molar-refractivity contribution in [2.75, 3.05) is 0 Å². The summed E-state index contributed by atoms with van der Waals surface area (Å²) in [6.07, 6.45) is 18.0. The van der Waals surface area contributed by atoms with Gasteiger partial charge in [-0.05, 0) is 0 Å². The van der Waals surface area contributed by atoms with E-state index in [4.69, 9.17) is 0 Å². The van der Waals surface area contributed by atoms with E-state index in [0.717, 1.165) is 0 Å². The van der Waals surface area contributed by atoms with Gasteiger partial charge in [0.25, 0.3) is 0 Å². The van der Waals surface area contributed by atoms with Gasteiger partial charge in [0, 0.05) is 0 Å². The van der Waals surface area contributed by atoms with E-state index in [-0.39, 0.29) is 0 Å². The summed E-state index contributed by atoms with van der Waals surface area (Å²) in [4.78, 5) is 0. The summed E-state index contributed by atoms with van der Waals surface area (Å²) in [5, 5.41) is 0. The van der Waals surface area contributed by atoms with Crippen LogP contribution in [-0.4, -0.2) is 0 Å². The SMILES string of the molecule is C1CCCC1.C1CCCCCC1. The average molecular weight is 168 g/mol. The first-order chi connectivity index (χ1) is 6.00. The minimum Gasteiger partial charge on any atom is -0.0533 e. The van der Waals surface area contributed by atoms with Crippen molar-refractivity contribution in [2.24, 2.45) is 0 Å². The zero-order valence-electron chi connectivity index (χ0n) is 8.49. The summed E-state index contributed by atoms with van der Waals surface area (Å²) >= 11 is 0. The first-order valence-electron chi connectivity index (χ1n) is 6.00. The van der Waals surface area contributed by atoms with E-state index < -0.39 is 0 Å². The highest BCUT2D eigenvalue weighted by Crippen LogP contribution is 2.15. The van der Waals surface area contributed by atoms with Gasteiger partial charge < -0.3 is 0 Å². The van der Waals surface area contributed by atoms with Crippen LogP contribution in [0.2, 0.25) is 0 Å². The molecule has 0 aromatic rings. The van der Waals surface area contributed by atoms with Crippen molar-refractivity contribution >= 4 is 0 Å². The maximum atomic E-state index is 1.50. The maximum Gasteiger partial charge on any atom is -0.0533 e. The fraction of sp³-hybridized carbons (Fsp3) is 1.00. The predicted octanol–water partition coefficient (Wildman–Crippen LogP) is 4.68. The minimum absolute atomic E-state index is 1.50. The fourth-order valence-electron chi connectivity index (χ4n) is 2.12. The van der Waals surface area contributed by atoms with E-state index >= 15 is 0 Å². The Labute approximate surface area is 77.7 Å². The predicted molar refractivity (Wildman–Crippen MR) is 55.4 cm³/mol. The zero-order chi connectivity index (χ0) is 8.49. The fourth-order valence-corrected chi connectivity index (χ4v) is 2.12. The molecule has 0 nitrogen and oxygen atoms in total. The minimum atomic E-state index is 1.50. The Kier molecular flexibility index (Phi) is 6.42. The standard InChI is InChI=1S/C7H14.C5H10/c1-2-4-6-7-5-3-1;1-2-4-5-3-1/h1-7H2;1-5H2. The lowest BCUT2D eigenvalue weighted by molar-refractivity contribution is 0.702. The second-order valence-electron chi connectivity index (χ2n) is 4.24. The van der Waals surface area contributed by atoms with Crippen LogP contribution in [0, 0.1) is 0 Å². The smallest absolute Gasteiger partial charge is 0.0533 e. The molecule has 0 unspecified atom stereocenters. The third-order valence-electron chi connectivity index (χ3n) is 3.00. The van der Waals surface area contributed by atoms with Crippen molar-refractivity contribution in [1.29, 1.82) is 0 Å². The summed E-state index contributed by atoms with van der Waals surface area (Å²) in [5.74, 6) is 0. The molecule has 0 N–H and O–H groups in total. The van der Waals surface area contributed by atoms with Gasteiger partial charge in [-0.1, -0.05) is 77.0 Å². The summed E-state index contributed by atoms with van der Waals surface area (Å²) in [7, 11) is 0. The molecular weight excluding hydrogens is 144 g/mol. The molecule has 2 aliphatic rings. The van der Waals surface area contributed by atoms with Crippen molar-refractivity contribution in [2.45, 2.75) is 77.0 Å². The lowest BCUT2D eigenvalue weighted by Gasteiger charge is -1.85. The lowest BCUT2D eigenvalue weighted by Crippen LogP contribution is -1.66. The molecule has 0 aromatic heterocycles. The Bertz CT molecular complexity index is 54.8. The van der Waals surface area contributed by atoms with Crippen LogP contribution in [0.5, 0.6) is 0 Å². The van der Waals surface area contributed by atoms with Crippen molar-refractivity contribution in [3.8, 4) is 0 Å². The van der Waals surface area contributed by atoms with Gasteiger partial charge in [-0.25, -0.2) is 0 Å². The molecule has 0 aromatic carbocycles. The van der Waals surface area contributed by atoms with Gasteiger partial charge >= 0.3 is 0 Å². The monoisotopic (exact) mass is 168 g/mol. The Morgan fingerprint density at radius 2 is 0.250 bits per heavy atom. The molecular formula is C12H24. The summed E-state index contributed by atoms with van der Waals surface area (Å²) in [6, 6.07) is 0. The van der Waals surface area contributed by atoms with Crippen LogP contribution in [0.4, 0.5) is 0 Å². The van der Waals surface area contributed by atoms with E-state index in [1.165, 1.54) is 77.0 Å². The third kappa shape index (κ3) is 5.62. The van der Waals surface area contributed by atoms with Gasteiger partial charge in [-0.2, -0.15) is 0 Å². The molecule has 2 fully saturated rings. The first-order valence-corrected chi connectivity index (χ1v) is 6.00. The van der Waals surface area contributed by atoms with Gasteiger partial charge in [-0.3, -0.25) is 0 Å². The van der Waals surface area contributed by atoms with Gasteiger partial charge in [0.15, 0.2) is 0 Å².